The SMILES string of the molecule is CN(C)C(=O)CCNC(=O)Nc1ccc(Oc2ccc(F)cc2)nc1. The number of benzene rings is 1. The number of nitrogens with one attached hydrogen (secondary N) is 2. The van der Waals surface area contributed by atoms with Crippen molar-refractivity contribution in [3.63, 3.8) is 0 Å². The molecule has 0 atom stereocenters. The molecule has 0 unspecified atom stereocenters. The number of aromatic nitrogens is 1. The van der Waals surface area contributed by atoms with E-state index in [0.717, 1.165) is 0 Å². The molecule has 7 nitrogen and oxygen atoms in total. The highest BCUT2D eigenvalue weighted by molar-refractivity contribution is 5.89. The van der Waals surface area contributed by atoms with Crippen LogP contribution in [0.2, 0.25) is 0 Å². The molecule has 3 amide bonds. The minimum absolute atomic E-state index is 0.0655. The Balaban J connectivity index is 1.80. The van der Waals surface area contributed by atoms with Crippen molar-refractivity contribution in [1.29, 1.82) is 0 Å². The average Bonchev–Trinajstić information content (AvgIpc) is 2.58. The van der Waals surface area contributed by atoms with Crippen LogP contribution in [0.5, 0.6) is 11.6 Å². The van der Waals surface area contributed by atoms with E-state index < -0.39 is 6.03 Å². The van der Waals surface area contributed by atoms with Gasteiger partial charge in [0.25, 0.3) is 0 Å². The van der Waals surface area contributed by atoms with E-state index >= 15 is 0 Å². The molecule has 0 saturated heterocycles. The number of nitrogens with zero attached hydrogens (tertiary/aromatic N) is 2. The minimum atomic E-state index is -0.430. The Morgan fingerprint density at radius 2 is 1.88 bits per heavy atom. The molecule has 1 aromatic carbocycles. The minimum Gasteiger partial charge on any atom is -0.439 e. The molecule has 0 aliphatic rings. The first-order chi connectivity index (χ1) is 11.9. The van der Waals surface area contributed by atoms with E-state index in [2.05, 4.69) is 15.6 Å². The van der Waals surface area contributed by atoms with E-state index in [4.69, 9.17) is 4.74 Å². The van der Waals surface area contributed by atoms with E-state index in [1.807, 2.05) is 0 Å². The van der Waals surface area contributed by atoms with Crippen LogP contribution in [-0.4, -0.2) is 42.5 Å². The Bertz CT molecular complexity index is 718. The smallest absolute Gasteiger partial charge is 0.319 e. The zero-order chi connectivity index (χ0) is 18.2. The molecule has 0 aliphatic heterocycles. The van der Waals surface area contributed by atoms with Crippen molar-refractivity contribution in [3.8, 4) is 11.6 Å². The third kappa shape index (κ3) is 6.09. The highest BCUT2D eigenvalue weighted by Gasteiger charge is 2.06. The molecule has 25 heavy (non-hydrogen) atoms. The summed E-state index contributed by atoms with van der Waals surface area (Å²) >= 11 is 0. The van der Waals surface area contributed by atoms with Gasteiger partial charge in [-0.3, -0.25) is 4.79 Å². The monoisotopic (exact) mass is 346 g/mol. The maximum atomic E-state index is 12.8. The van der Waals surface area contributed by atoms with Gasteiger partial charge in [-0.1, -0.05) is 0 Å². The van der Waals surface area contributed by atoms with Gasteiger partial charge >= 0.3 is 6.03 Å². The van der Waals surface area contributed by atoms with Gasteiger partial charge in [-0.05, 0) is 30.3 Å². The van der Waals surface area contributed by atoms with Gasteiger partial charge in [0.2, 0.25) is 11.8 Å². The maximum Gasteiger partial charge on any atom is 0.319 e. The van der Waals surface area contributed by atoms with E-state index in [1.54, 1.807) is 26.2 Å². The van der Waals surface area contributed by atoms with Crippen LogP contribution in [0.4, 0.5) is 14.9 Å². The van der Waals surface area contributed by atoms with Gasteiger partial charge in [-0.2, -0.15) is 0 Å². The fraction of sp³-hybridized carbons (Fsp3) is 0.235. The number of hydrogen-bond donors (Lipinski definition) is 2. The van der Waals surface area contributed by atoms with Crippen LogP contribution >= 0.6 is 0 Å². The van der Waals surface area contributed by atoms with Crippen molar-refractivity contribution < 1.29 is 18.7 Å². The van der Waals surface area contributed by atoms with Crippen LogP contribution in [0.25, 0.3) is 0 Å². The lowest BCUT2D eigenvalue weighted by Gasteiger charge is -2.11. The molecular formula is C17H19FN4O3. The molecule has 0 radical (unpaired) electrons. The summed E-state index contributed by atoms with van der Waals surface area (Å²) in [6, 6.07) is 8.33. The molecule has 1 heterocycles. The Kier molecular flexibility index (Phi) is 6.27. The third-order valence-electron chi connectivity index (χ3n) is 3.15. The van der Waals surface area contributed by atoms with E-state index in [-0.39, 0.29) is 24.7 Å². The van der Waals surface area contributed by atoms with Crippen LogP contribution in [0.3, 0.4) is 0 Å². The van der Waals surface area contributed by atoms with Crippen molar-refractivity contribution in [3.05, 3.63) is 48.4 Å². The van der Waals surface area contributed by atoms with Crippen LogP contribution < -0.4 is 15.4 Å². The normalized spacial score (nSPS) is 10.0. The number of pyridine rings is 1. The zero-order valence-electron chi connectivity index (χ0n) is 14.0. The van der Waals surface area contributed by atoms with Crippen LogP contribution in [0, 0.1) is 5.82 Å². The van der Waals surface area contributed by atoms with Gasteiger partial charge < -0.3 is 20.3 Å². The van der Waals surface area contributed by atoms with Gasteiger partial charge in [0.1, 0.15) is 11.6 Å². The largest absolute Gasteiger partial charge is 0.439 e. The number of anilines is 1. The lowest BCUT2D eigenvalue weighted by molar-refractivity contribution is -0.128. The quantitative estimate of drug-likeness (QED) is 0.842. The van der Waals surface area contributed by atoms with Gasteiger partial charge in [-0.25, -0.2) is 14.2 Å². The fourth-order valence-electron chi connectivity index (χ4n) is 1.82. The predicted octanol–water partition coefficient (Wildman–Crippen LogP) is 2.61. The molecule has 2 aromatic rings. The first kappa shape index (κ1) is 18.2. The van der Waals surface area contributed by atoms with Crippen molar-refractivity contribution >= 4 is 17.6 Å². The first-order valence-corrected chi connectivity index (χ1v) is 7.58. The molecular weight excluding hydrogens is 327 g/mol. The second-order valence-electron chi connectivity index (χ2n) is 5.36. The summed E-state index contributed by atoms with van der Waals surface area (Å²) in [6.45, 7) is 0.238. The lowest BCUT2D eigenvalue weighted by atomic mass is 10.3. The molecule has 1 aromatic heterocycles. The van der Waals surface area contributed by atoms with Crippen molar-refractivity contribution in [2.75, 3.05) is 26.0 Å². The van der Waals surface area contributed by atoms with E-state index in [9.17, 15) is 14.0 Å². The number of carbonyl (C=O) groups excluding carboxylic acids is 2. The highest BCUT2D eigenvalue weighted by Crippen LogP contribution is 2.20. The van der Waals surface area contributed by atoms with Crippen LogP contribution in [-0.2, 0) is 4.79 Å². The second kappa shape index (κ2) is 8.62. The molecule has 0 spiro atoms. The summed E-state index contributed by atoms with van der Waals surface area (Å²) < 4.78 is 18.3. The van der Waals surface area contributed by atoms with Gasteiger partial charge in [0, 0.05) is 33.1 Å². The van der Waals surface area contributed by atoms with Gasteiger partial charge in [-0.15, -0.1) is 0 Å². The molecule has 0 fully saturated rings. The van der Waals surface area contributed by atoms with Crippen LogP contribution in [0.15, 0.2) is 42.6 Å². The second-order valence-corrected chi connectivity index (χ2v) is 5.36. The van der Waals surface area contributed by atoms with Crippen molar-refractivity contribution in [2.45, 2.75) is 6.42 Å². The van der Waals surface area contributed by atoms with Gasteiger partial charge in [0.05, 0.1) is 11.9 Å². The number of halogens is 1. The highest BCUT2D eigenvalue weighted by atomic mass is 19.1. The Morgan fingerprint density at radius 1 is 1.16 bits per heavy atom. The fourth-order valence-corrected chi connectivity index (χ4v) is 1.82. The summed E-state index contributed by atoms with van der Waals surface area (Å²) in [5.74, 6) is 0.356. The number of urea groups is 1. The van der Waals surface area contributed by atoms with E-state index in [1.165, 1.54) is 35.4 Å². The van der Waals surface area contributed by atoms with E-state index in [0.29, 0.717) is 17.3 Å². The Hall–Kier alpha value is -3.16. The molecule has 2 N–H and O–H groups in total. The summed E-state index contributed by atoms with van der Waals surface area (Å²) in [7, 11) is 3.31. The number of amides is 3. The first-order valence-electron chi connectivity index (χ1n) is 7.58. The van der Waals surface area contributed by atoms with Crippen LogP contribution in [0.1, 0.15) is 6.42 Å². The number of carbonyl (C=O) groups is 2. The topological polar surface area (TPSA) is 83.6 Å². The molecule has 0 aliphatic carbocycles. The average molecular weight is 346 g/mol. The summed E-state index contributed by atoms with van der Waals surface area (Å²) in [5.41, 5.74) is 0.475. The molecule has 0 bridgehead atoms. The molecule has 0 saturated carbocycles. The third-order valence-corrected chi connectivity index (χ3v) is 3.15. The Morgan fingerprint density at radius 3 is 2.48 bits per heavy atom. The van der Waals surface area contributed by atoms with Crippen molar-refractivity contribution in [2.24, 2.45) is 0 Å². The predicted molar refractivity (Wildman–Crippen MR) is 91.0 cm³/mol. The molecule has 132 valence electrons. The lowest BCUT2D eigenvalue weighted by Crippen LogP contribution is -2.33. The van der Waals surface area contributed by atoms with Crippen molar-refractivity contribution in [1.82, 2.24) is 15.2 Å². The number of rotatable bonds is 6. The Labute approximate surface area is 144 Å². The molecule has 8 heteroatoms. The summed E-state index contributed by atoms with van der Waals surface area (Å²) in [4.78, 5) is 28.7. The zero-order valence-corrected chi connectivity index (χ0v) is 14.0. The summed E-state index contributed by atoms with van der Waals surface area (Å²) in [6.07, 6.45) is 1.66. The standard InChI is InChI=1S/C17H19FN4O3/c1-22(2)16(23)9-10-19-17(24)21-13-5-8-15(20-11-13)25-14-6-3-12(18)4-7-14/h3-8,11H,9-10H2,1-2H3,(H2,19,21,24). The number of ether oxygens (including phenoxy) is 1. The molecule has 2 rings (SSSR count). The maximum absolute atomic E-state index is 12.8. The van der Waals surface area contributed by atoms with Gasteiger partial charge in [0.15, 0.2) is 0 Å². The summed E-state index contributed by atoms with van der Waals surface area (Å²) in [5, 5.41) is 5.19. The number of hydrogen-bond acceptors (Lipinski definition) is 4.